The lowest BCUT2D eigenvalue weighted by molar-refractivity contribution is 0.285. The lowest BCUT2D eigenvalue weighted by atomic mass is 9.91. The maximum absolute atomic E-state index is 6.17. The first kappa shape index (κ1) is 12.1. The van der Waals surface area contributed by atoms with Gasteiger partial charge in [-0.2, -0.15) is 0 Å². The van der Waals surface area contributed by atoms with Crippen molar-refractivity contribution < 1.29 is 0 Å². The zero-order valence-corrected chi connectivity index (χ0v) is 11.1. The minimum Gasteiger partial charge on any atom is -0.385 e. The number of hydrogen-bond donors (Lipinski definition) is 2. The Kier molecular flexibility index (Phi) is 3.18. The quantitative estimate of drug-likeness (QED) is 0.809. The van der Waals surface area contributed by atoms with Gasteiger partial charge in [0.15, 0.2) is 0 Å². The molecule has 0 aliphatic heterocycles. The topological polar surface area (TPSA) is 46.7 Å². The fourth-order valence-corrected chi connectivity index (χ4v) is 2.62. The van der Waals surface area contributed by atoms with Gasteiger partial charge in [0.05, 0.1) is 0 Å². The molecule has 1 unspecified atom stereocenters. The summed E-state index contributed by atoms with van der Waals surface area (Å²) < 4.78 is 2.28. The summed E-state index contributed by atoms with van der Waals surface area (Å²) >= 11 is 0. The van der Waals surface area contributed by atoms with Gasteiger partial charge >= 0.3 is 0 Å². The summed E-state index contributed by atoms with van der Waals surface area (Å²) in [6, 6.07) is 4.14. The van der Waals surface area contributed by atoms with E-state index in [9.17, 15) is 0 Å². The van der Waals surface area contributed by atoms with Gasteiger partial charge in [0.2, 0.25) is 0 Å². The molecule has 0 saturated heterocycles. The van der Waals surface area contributed by atoms with E-state index < -0.39 is 0 Å². The van der Waals surface area contributed by atoms with Gasteiger partial charge in [0, 0.05) is 17.1 Å². The van der Waals surface area contributed by atoms with E-state index in [4.69, 9.17) is 5.73 Å². The zero-order chi connectivity index (χ0) is 12.5. The monoisotopic (exact) mass is 233 g/mol. The molecule has 0 aliphatic carbocycles. The highest BCUT2D eigenvalue weighted by Crippen LogP contribution is 2.34. The summed E-state index contributed by atoms with van der Waals surface area (Å²) in [5, 5.41) is 1.21. The molecule has 0 aromatic carbocycles. The van der Waals surface area contributed by atoms with E-state index in [1.54, 1.807) is 0 Å². The molecule has 0 spiro atoms. The molecule has 0 fully saturated rings. The SMILES string of the molecule is CCCCC(C)(CC)n1c(N)cc2cc[nH]c21. The maximum atomic E-state index is 6.17. The van der Waals surface area contributed by atoms with Crippen LogP contribution in [0.3, 0.4) is 0 Å². The number of H-pyrrole nitrogens is 1. The number of aromatic amines is 1. The summed E-state index contributed by atoms with van der Waals surface area (Å²) in [6.45, 7) is 6.78. The lowest BCUT2D eigenvalue weighted by Crippen LogP contribution is -2.30. The van der Waals surface area contributed by atoms with Crippen molar-refractivity contribution >= 4 is 16.9 Å². The summed E-state index contributed by atoms with van der Waals surface area (Å²) in [5.41, 5.74) is 7.45. The molecule has 0 bridgehead atoms. The van der Waals surface area contributed by atoms with Crippen molar-refractivity contribution in [3.05, 3.63) is 18.3 Å². The van der Waals surface area contributed by atoms with Crippen LogP contribution in [0, 0.1) is 0 Å². The van der Waals surface area contributed by atoms with Crippen LogP contribution in [0.15, 0.2) is 18.3 Å². The molecule has 2 rings (SSSR count). The third-order valence-corrected chi connectivity index (χ3v) is 3.91. The highest BCUT2D eigenvalue weighted by atomic mass is 15.2. The molecule has 2 heterocycles. The summed E-state index contributed by atoms with van der Waals surface area (Å²) in [5.74, 6) is 0.868. The molecule has 94 valence electrons. The molecule has 2 aromatic rings. The second kappa shape index (κ2) is 4.47. The van der Waals surface area contributed by atoms with Crippen LogP contribution in [0.5, 0.6) is 0 Å². The van der Waals surface area contributed by atoms with Crippen LogP contribution in [0.4, 0.5) is 5.82 Å². The zero-order valence-electron chi connectivity index (χ0n) is 11.1. The minimum atomic E-state index is 0.118. The van der Waals surface area contributed by atoms with Crippen LogP contribution in [0.2, 0.25) is 0 Å². The molecular formula is C14H23N3. The first-order chi connectivity index (χ1) is 8.12. The average Bonchev–Trinajstić information content (AvgIpc) is 2.85. The number of anilines is 1. The van der Waals surface area contributed by atoms with Gasteiger partial charge in [-0.05, 0) is 31.9 Å². The third-order valence-electron chi connectivity index (χ3n) is 3.91. The number of fused-ring (bicyclic) bond motifs is 1. The number of nitrogen functional groups attached to an aromatic ring is 1. The van der Waals surface area contributed by atoms with Crippen LogP contribution >= 0.6 is 0 Å². The predicted octanol–water partition coefficient (Wildman–Crippen LogP) is 3.87. The number of hydrogen-bond acceptors (Lipinski definition) is 1. The molecule has 3 heteroatoms. The Bertz CT molecular complexity index is 495. The van der Waals surface area contributed by atoms with Gasteiger partial charge in [0.25, 0.3) is 0 Å². The molecule has 17 heavy (non-hydrogen) atoms. The predicted molar refractivity (Wildman–Crippen MR) is 74.2 cm³/mol. The summed E-state index contributed by atoms with van der Waals surface area (Å²) in [6.07, 6.45) is 6.72. The maximum Gasteiger partial charge on any atom is 0.119 e. The Morgan fingerprint density at radius 2 is 2.18 bits per heavy atom. The summed E-state index contributed by atoms with van der Waals surface area (Å²) in [4.78, 5) is 3.31. The van der Waals surface area contributed by atoms with E-state index in [0.29, 0.717) is 0 Å². The molecule has 1 atom stereocenters. The number of aromatic nitrogens is 2. The van der Waals surface area contributed by atoms with Crippen LogP contribution < -0.4 is 5.73 Å². The number of nitrogens with zero attached hydrogens (tertiary/aromatic N) is 1. The third kappa shape index (κ3) is 1.94. The average molecular weight is 233 g/mol. The minimum absolute atomic E-state index is 0.118. The molecule has 0 radical (unpaired) electrons. The number of unbranched alkanes of at least 4 members (excludes halogenated alkanes) is 1. The molecule has 0 saturated carbocycles. The molecule has 2 aromatic heterocycles. The Morgan fingerprint density at radius 3 is 2.82 bits per heavy atom. The smallest absolute Gasteiger partial charge is 0.119 e. The summed E-state index contributed by atoms with van der Waals surface area (Å²) in [7, 11) is 0. The Balaban J connectivity index is 2.47. The largest absolute Gasteiger partial charge is 0.385 e. The fourth-order valence-electron chi connectivity index (χ4n) is 2.62. The second-order valence-corrected chi connectivity index (χ2v) is 5.14. The van der Waals surface area contributed by atoms with Crippen molar-refractivity contribution in [1.82, 2.24) is 9.55 Å². The first-order valence-electron chi connectivity index (χ1n) is 6.57. The van der Waals surface area contributed by atoms with Crippen LogP contribution in [0.25, 0.3) is 11.0 Å². The van der Waals surface area contributed by atoms with Crippen molar-refractivity contribution in [3.63, 3.8) is 0 Å². The van der Waals surface area contributed by atoms with Crippen molar-refractivity contribution in [2.45, 2.75) is 52.0 Å². The number of nitrogens with one attached hydrogen (secondary N) is 1. The van der Waals surface area contributed by atoms with Crippen molar-refractivity contribution in [2.24, 2.45) is 0 Å². The van der Waals surface area contributed by atoms with Gasteiger partial charge in [-0.15, -0.1) is 0 Å². The highest BCUT2D eigenvalue weighted by Gasteiger charge is 2.27. The Morgan fingerprint density at radius 1 is 1.41 bits per heavy atom. The Labute approximate surface area is 103 Å². The molecule has 0 amide bonds. The van der Waals surface area contributed by atoms with E-state index in [1.807, 2.05) is 6.20 Å². The first-order valence-corrected chi connectivity index (χ1v) is 6.57. The number of rotatable bonds is 5. The Hall–Kier alpha value is -1.38. The van der Waals surface area contributed by atoms with Gasteiger partial charge in [0.1, 0.15) is 11.5 Å². The van der Waals surface area contributed by atoms with Crippen molar-refractivity contribution in [2.75, 3.05) is 5.73 Å². The van der Waals surface area contributed by atoms with E-state index in [2.05, 4.69) is 42.5 Å². The lowest BCUT2D eigenvalue weighted by Gasteiger charge is -2.32. The second-order valence-electron chi connectivity index (χ2n) is 5.14. The van der Waals surface area contributed by atoms with Gasteiger partial charge in [-0.3, -0.25) is 0 Å². The van der Waals surface area contributed by atoms with Crippen LogP contribution in [-0.2, 0) is 5.54 Å². The number of nitrogens with two attached hydrogens (primary N) is 1. The molecule has 3 nitrogen and oxygen atoms in total. The molecule has 3 N–H and O–H groups in total. The van der Waals surface area contributed by atoms with Gasteiger partial charge in [-0.1, -0.05) is 26.7 Å². The fraction of sp³-hybridized carbons (Fsp3) is 0.571. The molecule has 0 aliphatic rings. The van der Waals surface area contributed by atoms with Crippen molar-refractivity contribution in [3.8, 4) is 0 Å². The standard InChI is InChI=1S/C14H23N3/c1-4-6-8-14(3,5-2)17-12(15)10-11-7-9-16-13(11)17/h7,9-10,16H,4-6,8,15H2,1-3H3. The van der Waals surface area contributed by atoms with E-state index in [1.165, 1.54) is 24.6 Å². The van der Waals surface area contributed by atoms with E-state index >= 15 is 0 Å². The van der Waals surface area contributed by atoms with Crippen molar-refractivity contribution in [1.29, 1.82) is 0 Å². The van der Waals surface area contributed by atoms with Gasteiger partial charge < -0.3 is 15.3 Å². The van der Waals surface area contributed by atoms with Crippen LogP contribution in [-0.4, -0.2) is 9.55 Å². The highest BCUT2D eigenvalue weighted by molar-refractivity contribution is 5.82. The van der Waals surface area contributed by atoms with E-state index in [-0.39, 0.29) is 5.54 Å². The van der Waals surface area contributed by atoms with E-state index in [0.717, 1.165) is 17.9 Å². The van der Waals surface area contributed by atoms with Crippen LogP contribution in [0.1, 0.15) is 46.5 Å². The normalized spacial score (nSPS) is 15.2. The molecular weight excluding hydrogens is 210 g/mol. The van der Waals surface area contributed by atoms with Gasteiger partial charge in [-0.25, -0.2) is 0 Å².